The van der Waals surface area contributed by atoms with Crippen LogP contribution < -0.4 is 25.4 Å². The number of alkyl halides is 2. The molecule has 1 fully saturated rings. The van der Waals surface area contributed by atoms with Gasteiger partial charge in [-0.25, -0.2) is 9.36 Å². The molecule has 17 heteroatoms. The standard InChI is InChI=1S/C30H33F2N4O10P/c1-17(2)44-27(39)18(3)35-47(41,46-21-7-5-4-6-8-21)43-16-23-25(37)30(31,32)28(45-23)36-13-11-24(34-29(36)40)33-26(38)20-9-10-22-19(15-20)12-14-42-22/h4-11,13,15,17-18,23,25,28,37H,12,14,16H2,1-3H3,(H,35,41)(H,33,34,38,40)/t18-,23-,25-,28?,47?/m1/s1. The van der Waals surface area contributed by atoms with Crippen molar-refractivity contribution in [2.75, 3.05) is 18.5 Å². The number of carbonyl (C=O) groups is 2. The topological polar surface area (TPSA) is 177 Å². The molecular weight excluding hydrogens is 645 g/mol. The zero-order valence-electron chi connectivity index (χ0n) is 25.5. The number of halogens is 2. The Labute approximate surface area is 267 Å². The van der Waals surface area contributed by atoms with Crippen molar-refractivity contribution in [3.05, 3.63) is 82.4 Å². The lowest BCUT2D eigenvalue weighted by Crippen LogP contribution is -2.42. The Kier molecular flexibility index (Phi) is 10.1. The van der Waals surface area contributed by atoms with Gasteiger partial charge in [0.25, 0.3) is 5.91 Å². The Balaban J connectivity index is 1.28. The van der Waals surface area contributed by atoms with Gasteiger partial charge in [-0.15, -0.1) is 0 Å². The Bertz CT molecular complexity index is 1720. The van der Waals surface area contributed by atoms with Crippen molar-refractivity contribution in [3.63, 3.8) is 0 Å². The molecular formula is C30H33F2N4O10P. The number of aromatic nitrogens is 2. The van der Waals surface area contributed by atoms with Crippen LogP contribution in [0.3, 0.4) is 0 Å². The molecule has 1 amide bonds. The zero-order valence-corrected chi connectivity index (χ0v) is 26.4. The lowest BCUT2D eigenvalue weighted by molar-refractivity contribution is -0.149. The fourth-order valence-electron chi connectivity index (χ4n) is 4.79. The van der Waals surface area contributed by atoms with Crippen LogP contribution in [0.4, 0.5) is 14.6 Å². The highest BCUT2D eigenvalue weighted by Crippen LogP contribution is 2.48. The third kappa shape index (κ3) is 7.85. The van der Waals surface area contributed by atoms with Gasteiger partial charge in [-0.2, -0.15) is 18.9 Å². The molecule has 14 nitrogen and oxygen atoms in total. The van der Waals surface area contributed by atoms with Crippen LogP contribution in [0, 0.1) is 0 Å². The third-order valence-electron chi connectivity index (χ3n) is 7.09. The molecule has 2 unspecified atom stereocenters. The highest BCUT2D eigenvalue weighted by molar-refractivity contribution is 7.52. The first-order chi connectivity index (χ1) is 22.3. The largest absolute Gasteiger partial charge is 0.493 e. The lowest BCUT2D eigenvalue weighted by Gasteiger charge is -2.25. The van der Waals surface area contributed by atoms with Crippen LogP contribution >= 0.6 is 7.75 Å². The van der Waals surface area contributed by atoms with E-state index < -0.39 is 68.4 Å². The summed E-state index contributed by atoms with van der Waals surface area (Å²) >= 11 is 0. The number of anilines is 1. The predicted molar refractivity (Wildman–Crippen MR) is 161 cm³/mol. The van der Waals surface area contributed by atoms with E-state index in [1.54, 1.807) is 44.2 Å². The van der Waals surface area contributed by atoms with E-state index in [2.05, 4.69) is 15.4 Å². The molecule has 2 aliphatic rings. The highest BCUT2D eigenvalue weighted by atomic mass is 31.2. The van der Waals surface area contributed by atoms with Gasteiger partial charge in [0.05, 0.1) is 19.3 Å². The average Bonchev–Trinajstić information content (AvgIpc) is 3.57. The second-order valence-corrected chi connectivity index (χ2v) is 12.8. The second-order valence-electron chi connectivity index (χ2n) is 11.1. The molecule has 3 aromatic rings. The summed E-state index contributed by atoms with van der Waals surface area (Å²) in [6.45, 7) is 4.17. The summed E-state index contributed by atoms with van der Waals surface area (Å²) in [5.41, 5.74) is -0.0763. The van der Waals surface area contributed by atoms with Gasteiger partial charge in [-0.05, 0) is 62.7 Å². The molecule has 2 aliphatic heterocycles. The number of ether oxygens (including phenoxy) is 3. The van der Waals surface area contributed by atoms with Gasteiger partial charge in [0, 0.05) is 18.2 Å². The van der Waals surface area contributed by atoms with Crippen LogP contribution in [0.15, 0.2) is 65.6 Å². The third-order valence-corrected chi connectivity index (χ3v) is 8.73. The number of nitrogens with one attached hydrogen (secondary N) is 2. The van der Waals surface area contributed by atoms with Crippen LogP contribution in [-0.2, 0) is 29.8 Å². The number of hydrogen-bond acceptors (Lipinski definition) is 11. The Morgan fingerprint density at radius 1 is 1.17 bits per heavy atom. The minimum Gasteiger partial charge on any atom is -0.493 e. The minimum atomic E-state index is -4.48. The maximum atomic E-state index is 15.3. The first kappa shape index (κ1) is 34.1. The number of aliphatic hydroxyl groups is 1. The molecule has 0 aliphatic carbocycles. The van der Waals surface area contributed by atoms with Crippen molar-refractivity contribution in [3.8, 4) is 11.5 Å². The number of fused-ring (bicyclic) bond motifs is 1. The zero-order chi connectivity index (χ0) is 33.9. The van der Waals surface area contributed by atoms with Gasteiger partial charge in [0.1, 0.15) is 29.5 Å². The van der Waals surface area contributed by atoms with Gasteiger partial charge >= 0.3 is 25.3 Å². The number of para-hydroxylation sites is 1. The number of nitrogens with zero attached hydrogens (tertiary/aromatic N) is 2. The molecule has 0 bridgehead atoms. The van der Waals surface area contributed by atoms with Gasteiger partial charge in [0.15, 0.2) is 6.10 Å². The summed E-state index contributed by atoms with van der Waals surface area (Å²) in [7, 11) is -4.48. The molecule has 47 heavy (non-hydrogen) atoms. The maximum Gasteiger partial charge on any atom is 0.459 e. The minimum absolute atomic E-state index is 0.0684. The van der Waals surface area contributed by atoms with E-state index in [1.165, 1.54) is 25.1 Å². The summed E-state index contributed by atoms with van der Waals surface area (Å²) in [6, 6.07) is 12.5. The molecule has 0 radical (unpaired) electrons. The fraction of sp³-hybridized carbons (Fsp3) is 0.400. The summed E-state index contributed by atoms with van der Waals surface area (Å²) in [5, 5.41) is 15.3. The van der Waals surface area contributed by atoms with Crippen molar-refractivity contribution >= 4 is 25.4 Å². The molecule has 5 rings (SSSR count). The number of benzene rings is 2. The van der Waals surface area contributed by atoms with Crippen LogP contribution in [-0.4, -0.2) is 70.0 Å². The number of rotatable bonds is 12. The van der Waals surface area contributed by atoms with E-state index in [0.29, 0.717) is 23.3 Å². The van der Waals surface area contributed by atoms with E-state index in [0.717, 1.165) is 17.8 Å². The van der Waals surface area contributed by atoms with Crippen LogP contribution in [0.25, 0.3) is 0 Å². The fourth-order valence-corrected chi connectivity index (χ4v) is 6.29. The summed E-state index contributed by atoms with van der Waals surface area (Å²) in [4.78, 5) is 41.6. The maximum absolute atomic E-state index is 15.3. The monoisotopic (exact) mass is 678 g/mol. The van der Waals surface area contributed by atoms with Crippen molar-refractivity contribution in [2.24, 2.45) is 0 Å². The molecule has 252 valence electrons. The van der Waals surface area contributed by atoms with Gasteiger partial charge in [-0.1, -0.05) is 18.2 Å². The molecule has 0 spiro atoms. The first-order valence-electron chi connectivity index (χ1n) is 14.6. The molecule has 1 aromatic heterocycles. The summed E-state index contributed by atoms with van der Waals surface area (Å²) in [6.07, 6.45) is -5.57. The van der Waals surface area contributed by atoms with E-state index in [4.69, 9.17) is 23.3 Å². The Morgan fingerprint density at radius 3 is 2.62 bits per heavy atom. The van der Waals surface area contributed by atoms with Gasteiger partial charge in [0.2, 0.25) is 6.23 Å². The number of amides is 1. The predicted octanol–water partition coefficient (Wildman–Crippen LogP) is 3.46. The van der Waals surface area contributed by atoms with Crippen molar-refractivity contribution in [1.82, 2.24) is 14.6 Å². The smallest absolute Gasteiger partial charge is 0.459 e. The normalized spacial score (nSPS) is 21.7. The highest BCUT2D eigenvalue weighted by Gasteiger charge is 2.60. The summed E-state index contributed by atoms with van der Waals surface area (Å²) < 4.78 is 71.5. The van der Waals surface area contributed by atoms with Crippen LogP contribution in [0.1, 0.15) is 42.9 Å². The van der Waals surface area contributed by atoms with E-state index in [1.807, 2.05) is 0 Å². The van der Waals surface area contributed by atoms with Gasteiger partial charge < -0.3 is 29.2 Å². The molecule has 0 saturated carbocycles. The molecule has 3 heterocycles. The molecule has 1 saturated heterocycles. The SMILES string of the molecule is CC(C)OC(=O)[C@@H](C)NP(=O)(OC[C@H]1OC(n2ccc(NC(=O)c3ccc4c(c3)CCO4)nc2=O)C(F)(F)[C@@H]1O)Oc1ccccc1. The summed E-state index contributed by atoms with van der Waals surface area (Å²) in [5.74, 6) is -4.86. The first-order valence-corrected chi connectivity index (χ1v) is 16.1. The number of aliphatic hydroxyl groups excluding tert-OH is 1. The van der Waals surface area contributed by atoms with E-state index >= 15 is 8.78 Å². The van der Waals surface area contributed by atoms with E-state index in [-0.39, 0.29) is 17.1 Å². The van der Waals surface area contributed by atoms with Crippen molar-refractivity contribution < 1.29 is 51.3 Å². The van der Waals surface area contributed by atoms with Crippen LogP contribution in [0.2, 0.25) is 0 Å². The van der Waals surface area contributed by atoms with Crippen LogP contribution in [0.5, 0.6) is 11.5 Å². The number of esters is 1. The van der Waals surface area contributed by atoms with Gasteiger partial charge in [-0.3, -0.25) is 18.7 Å². The molecule has 3 N–H and O–H groups in total. The number of carbonyl (C=O) groups excluding carboxylic acids is 2. The number of hydrogen-bond donors (Lipinski definition) is 3. The average molecular weight is 679 g/mol. The molecule has 5 atom stereocenters. The van der Waals surface area contributed by atoms with E-state index in [9.17, 15) is 24.1 Å². The second kappa shape index (κ2) is 13.9. The Hall–Kier alpha value is -4.21. The quantitative estimate of drug-likeness (QED) is 0.188. The lowest BCUT2D eigenvalue weighted by atomic mass is 10.1. The molecule has 2 aromatic carbocycles. The Morgan fingerprint density at radius 2 is 1.91 bits per heavy atom. The van der Waals surface area contributed by atoms with Crippen molar-refractivity contribution in [2.45, 2.75) is 63.7 Å². The van der Waals surface area contributed by atoms with Crippen molar-refractivity contribution in [1.29, 1.82) is 0 Å².